The van der Waals surface area contributed by atoms with E-state index in [2.05, 4.69) is 4.99 Å². The van der Waals surface area contributed by atoms with Gasteiger partial charge in [0.15, 0.2) is 11.7 Å². The zero-order chi connectivity index (χ0) is 19.9. The lowest BCUT2D eigenvalue weighted by atomic mass is 10.1. The molecule has 2 N–H and O–H groups in total. The lowest BCUT2D eigenvalue weighted by Crippen LogP contribution is -2.39. The number of carbonyl (C=O) groups is 3. The van der Waals surface area contributed by atoms with Crippen molar-refractivity contribution in [3.05, 3.63) is 24.1 Å². The predicted octanol–water partition coefficient (Wildman–Crippen LogP) is 1.34. The summed E-state index contributed by atoms with van der Waals surface area (Å²) in [6.07, 6.45) is 3.07. The summed E-state index contributed by atoms with van der Waals surface area (Å²) >= 11 is 0. The minimum Gasteiger partial charge on any atom is -0.460 e. The van der Waals surface area contributed by atoms with Gasteiger partial charge in [0.05, 0.1) is 12.5 Å². The fraction of sp³-hybridized carbons (Fsp3) is 0.529. The van der Waals surface area contributed by atoms with Crippen molar-refractivity contribution in [3.63, 3.8) is 0 Å². The molecule has 2 atom stereocenters. The molecule has 1 heterocycles. The Hall–Kier alpha value is -2.55. The molecule has 9 heteroatoms. The van der Waals surface area contributed by atoms with Crippen LogP contribution in [0.2, 0.25) is 0 Å². The summed E-state index contributed by atoms with van der Waals surface area (Å²) in [5.41, 5.74) is 3.91. The van der Waals surface area contributed by atoms with Gasteiger partial charge in [-0.2, -0.15) is 4.99 Å². The number of carbonyl (C=O) groups excluding carboxylic acids is 3. The maximum Gasteiger partial charge on any atom is 0.350 e. The average molecular weight is 370 g/mol. The van der Waals surface area contributed by atoms with Gasteiger partial charge in [-0.25, -0.2) is 9.18 Å². The molecule has 0 fully saturated rings. The van der Waals surface area contributed by atoms with Gasteiger partial charge in [0.2, 0.25) is 5.60 Å². The normalized spacial score (nSPS) is 20.8. The second kappa shape index (κ2) is 9.23. The van der Waals surface area contributed by atoms with E-state index >= 15 is 0 Å². The van der Waals surface area contributed by atoms with Crippen molar-refractivity contribution in [1.82, 2.24) is 0 Å². The first-order chi connectivity index (χ1) is 12.0. The zero-order valence-corrected chi connectivity index (χ0v) is 15.2. The lowest BCUT2D eigenvalue weighted by Gasteiger charge is -2.23. The van der Waals surface area contributed by atoms with Crippen LogP contribution in [0.15, 0.2) is 29.0 Å². The number of allylic oxidation sites excluding steroid dienone is 1. The quantitative estimate of drug-likeness (QED) is 0.311. The van der Waals surface area contributed by atoms with E-state index in [0.29, 0.717) is 0 Å². The van der Waals surface area contributed by atoms with Crippen molar-refractivity contribution >= 4 is 23.7 Å². The van der Waals surface area contributed by atoms with Gasteiger partial charge >= 0.3 is 11.9 Å². The molecule has 1 rings (SSSR count). The zero-order valence-electron chi connectivity index (χ0n) is 15.2. The standard InChI is InChI=1S/C17H23FN2O6/c1-5-13(18)15(19)20-14(22)8-11-6-7-12(25-11)9-24-16(23)17(3,4)26-10(2)21/h5-7,11-12H,8-9H2,1-4H3,(H2,19,20,22)/b13-5+. The number of amidine groups is 1. The molecular weight excluding hydrogens is 347 g/mol. The van der Waals surface area contributed by atoms with E-state index in [-0.39, 0.29) is 13.0 Å². The summed E-state index contributed by atoms with van der Waals surface area (Å²) in [7, 11) is 0. The molecule has 0 radical (unpaired) electrons. The number of ether oxygens (including phenoxy) is 3. The smallest absolute Gasteiger partial charge is 0.350 e. The van der Waals surface area contributed by atoms with Gasteiger partial charge in [-0.15, -0.1) is 0 Å². The summed E-state index contributed by atoms with van der Waals surface area (Å²) in [6, 6.07) is 0. The third-order valence-electron chi connectivity index (χ3n) is 3.28. The first-order valence-electron chi connectivity index (χ1n) is 7.95. The molecule has 2 unspecified atom stereocenters. The van der Waals surface area contributed by atoms with Gasteiger partial charge in [0.25, 0.3) is 5.91 Å². The van der Waals surface area contributed by atoms with Crippen LogP contribution in [0.1, 0.15) is 34.1 Å². The number of hydrogen-bond acceptors (Lipinski definition) is 6. The van der Waals surface area contributed by atoms with Crippen molar-refractivity contribution in [3.8, 4) is 0 Å². The molecule has 26 heavy (non-hydrogen) atoms. The average Bonchev–Trinajstić information content (AvgIpc) is 2.97. The summed E-state index contributed by atoms with van der Waals surface area (Å²) in [5.74, 6) is -3.22. The minimum atomic E-state index is -1.41. The molecule has 1 aliphatic heterocycles. The number of rotatable bonds is 7. The van der Waals surface area contributed by atoms with E-state index in [9.17, 15) is 18.8 Å². The highest BCUT2D eigenvalue weighted by Crippen LogP contribution is 2.17. The van der Waals surface area contributed by atoms with Crippen LogP contribution in [0.25, 0.3) is 0 Å². The van der Waals surface area contributed by atoms with Gasteiger partial charge in [-0.3, -0.25) is 9.59 Å². The van der Waals surface area contributed by atoms with Gasteiger partial charge in [-0.05, 0) is 26.8 Å². The van der Waals surface area contributed by atoms with Crippen LogP contribution in [-0.2, 0) is 28.6 Å². The van der Waals surface area contributed by atoms with Crippen molar-refractivity contribution in [1.29, 1.82) is 0 Å². The first kappa shape index (κ1) is 21.5. The Morgan fingerprint density at radius 3 is 2.50 bits per heavy atom. The summed E-state index contributed by atoms with van der Waals surface area (Å²) in [5, 5.41) is 0. The fourth-order valence-electron chi connectivity index (χ4n) is 2.06. The lowest BCUT2D eigenvalue weighted by molar-refractivity contribution is -0.179. The second-order valence-electron chi connectivity index (χ2n) is 6.03. The Bertz CT molecular complexity index is 654. The van der Waals surface area contributed by atoms with Crippen LogP contribution in [0.3, 0.4) is 0 Å². The highest BCUT2D eigenvalue weighted by Gasteiger charge is 2.34. The molecule has 0 aromatic carbocycles. The number of hydrogen-bond donors (Lipinski definition) is 1. The van der Waals surface area contributed by atoms with Crippen molar-refractivity contribution < 1.29 is 33.0 Å². The largest absolute Gasteiger partial charge is 0.460 e. The Labute approximate surface area is 150 Å². The van der Waals surface area contributed by atoms with Crippen LogP contribution in [0.5, 0.6) is 0 Å². The summed E-state index contributed by atoms with van der Waals surface area (Å²) in [4.78, 5) is 38.1. The van der Waals surface area contributed by atoms with E-state index in [0.717, 1.165) is 6.08 Å². The Kier molecular flexibility index (Phi) is 7.63. The molecular formula is C17H23FN2O6. The minimum absolute atomic E-state index is 0.108. The Morgan fingerprint density at radius 1 is 1.31 bits per heavy atom. The first-order valence-corrected chi connectivity index (χ1v) is 7.95. The van der Waals surface area contributed by atoms with Crippen LogP contribution in [-0.4, -0.2) is 48.1 Å². The number of esters is 2. The van der Waals surface area contributed by atoms with Crippen molar-refractivity contribution in [2.75, 3.05) is 6.61 Å². The van der Waals surface area contributed by atoms with Crippen LogP contribution < -0.4 is 5.73 Å². The van der Waals surface area contributed by atoms with Crippen LogP contribution in [0.4, 0.5) is 4.39 Å². The third-order valence-corrected chi connectivity index (χ3v) is 3.28. The van der Waals surface area contributed by atoms with Crippen LogP contribution >= 0.6 is 0 Å². The molecule has 0 spiro atoms. The number of nitrogens with two attached hydrogens (primary N) is 1. The molecule has 0 bridgehead atoms. The maximum absolute atomic E-state index is 13.1. The molecule has 0 aliphatic carbocycles. The second-order valence-corrected chi connectivity index (χ2v) is 6.03. The van der Waals surface area contributed by atoms with E-state index in [1.807, 2.05) is 0 Å². The molecule has 8 nitrogen and oxygen atoms in total. The highest BCUT2D eigenvalue weighted by atomic mass is 19.1. The monoisotopic (exact) mass is 370 g/mol. The Balaban J connectivity index is 2.46. The number of halogens is 1. The highest BCUT2D eigenvalue weighted by molar-refractivity contribution is 6.02. The number of amides is 1. The topological polar surface area (TPSA) is 117 Å². The fourth-order valence-corrected chi connectivity index (χ4v) is 2.06. The van der Waals surface area contributed by atoms with Gasteiger partial charge in [-0.1, -0.05) is 12.2 Å². The third kappa shape index (κ3) is 6.75. The molecule has 144 valence electrons. The molecule has 1 aliphatic rings. The maximum atomic E-state index is 13.1. The Morgan fingerprint density at radius 2 is 1.92 bits per heavy atom. The molecule has 0 aromatic heterocycles. The summed E-state index contributed by atoms with van der Waals surface area (Å²) in [6.45, 7) is 5.34. The molecule has 0 saturated carbocycles. The molecule has 1 amide bonds. The van der Waals surface area contributed by atoms with Gasteiger partial charge < -0.3 is 19.9 Å². The van der Waals surface area contributed by atoms with Gasteiger partial charge in [0, 0.05) is 6.92 Å². The van der Waals surface area contributed by atoms with E-state index < -0.39 is 47.3 Å². The van der Waals surface area contributed by atoms with Crippen molar-refractivity contribution in [2.45, 2.75) is 51.9 Å². The van der Waals surface area contributed by atoms with E-state index in [4.69, 9.17) is 19.9 Å². The van der Waals surface area contributed by atoms with Crippen LogP contribution in [0, 0.1) is 0 Å². The van der Waals surface area contributed by atoms with E-state index in [1.165, 1.54) is 27.7 Å². The number of nitrogens with zero attached hydrogens (tertiary/aromatic N) is 1. The predicted molar refractivity (Wildman–Crippen MR) is 90.7 cm³/mol. The van der Waals surface area contributed by atoms with E-state index in [1.54, 1.807) is 12.2 Å². The molecule has 0 saturated heterocycles. The number of aliphatic imine (C=N–C) groups is 1. The summed E-state index contributed by atoms with van der Waals surface area (Å²) < 4.78 is 28.6. The van der Waals surface area contributed by atoms with Gasteiger partial charge in [0.1, 0.15) is 12.7 Å². The van der Waals surface area contributed by atoms with Crippen molar-refractivity contribution in [2.24, 2.45) is 10.7 Å². The molecule has 0 aromatic rings. The SMILES string of the molecule is C/C=C(/F)C(N)=NC(=O)CC1C=CC(COC(=O)C(C)(C)OC(C)=O)O1.